The van der Waals surface area contributed by atoms with E-state index in [1.807, 2.05) is 38.1 Å². The number of benzene rings is 2. The first-order valence-corrected chi connectivity index (χ1v) is 11.1. The molecule has 0 aliphatic heterocycles. The first-order chi connectivity index (χ1) is 13.0. The molecule has 0 atom stereocenters. The predicted octanol–water partition coefficient (Wildman–Crippen LogP) is 4.69. The number of unbranched alkanes of at least 4 members (excludes halogenated alkanes) is 1. The second kappa shape index (κ2) is 10.4. The zero-order valence-corrected chi connectivity index (χ0v) is 17.0. The maximum Gasteiger partial charge on any atom is 0.243 e. The number of rotatable bonds is 11. The molecule has 0 N–H and O–H groups in total. The largest absolute Gasteiger partial charge is 0.303 e. The monoisotopic (exact) mass is 387 g/mol. The SMILES string of the molecule is CCCN(CCC)S(=O)(=O)c1ccc(-c2ccc(CCCC=O)cc2)cc1. The van der Waals surface area contributed by atoms with Crippen LogP contribution in [0.3, 0.4) is 0 Å². The van der Waals surface area contributed by atoms with E-state index in [1.54, 1.807) is 16.4 Å². The summed E-state index contributed by atoms with van der Waals surface area (Å²) in [6.07, 6.45) is 4.90. The fraction of sp³-hybridized carbons (Fsp3) is 0.409. The molecular formula is C22H29NO3S. The second-order valence-electron chi connectivity index (χ2n) is 6.68. The fourth-order valence-corrected chi connectivity index (χ4v) is 4.70. The molecule has 0 unspecified atom stereocenters. The number of sulfonamides is 1. The Morgan fingerprint density at radius 2 is 1.37 bits per heavy atom. The summed E-state index contributed by atoms with van der Waals surface area (Å²) in [6, 6.07) is 15.3. The molecule has 27 heavy (non-hydrogen) atoms. The maximum absolute atomic E-state index is 12.8. The number of carbonyl (C=O) groups excluding carboxylic acids is 1. The fourth-order valence-electron chi connectivity index (χ4n) is 3.07. The third-order valence-corrected chi connectivity index (χ3v) is 6.43. The molecule has 0 spiro atoms. The predicted molar refractivity (Wildman–Crippen MR) is 110 cm³/mol. The number of hydrogen-bond donors (Lipinski definition) is 0. The molecule has 0 saturated heterocycles. The lowest BCUT2D eigenvalue weighted by molar-refractivity contribution is -0.107. The topological polar surface area (TPSA) is 54.5 Å². The van der Waals surface area contributed by atoms with Gasteiger partial charge in [0.2, 0.25) is 10.0 Å². The molecule has 4 nitrogen and oxygen atoms in total. The molecule has 0 fully saturated rings. The van der Waals surface area contributed by atoms with Crippen molar-refractivity contribution in [2.45, 2.75) is 50.8 Å². The molecular weight excluding hydrogens is 358 g/mol. The molecule has 2 aromatic carbocycles. The summed E-state index contributed by atoms with van der Waals surface area (Å²) in [5, 5.41) is 0. The van der Waals surface area contributed by atoms with Crippen LogP contribution >= 0.6 is 0 Å². The molecule has 0 radical (unpaired) electrons. The van der Waals surface area contributed by atoms with E-state index in [4.69, 9.17) is 0 Å². The van der Waals surface area contributed by atoms with Gasteiger partial charge in [-0.25, -0.2) is 8.42 Å². The van der Waals surface area contributed by atoms with E-state index < -0.39 is 10.0 Å². The molecule has 2 aromatic rings. The highest BCUT2D eigenvalue weighted by molar-refractivity contribution is 7.89. The Hall–Kier alpha value is -1.98. The highest BCUT2D eigenvalue weighted by Crippen LogP contribution is 2.24. The van der Waals surface area contributed by atoms with Gasteiger partial charge in [0.25, 0.3) is 0 Å². The van der Waals surface area contributed by atoms with Gasteiger partial charge < -0.3 is 4.79 Å². The zero-order chi connectivity index (χ0) is 19.7. The van der Waals surface area contributed by atoms with Crippen molar-refractivity contribution in [1.29, 1.82) is 0 Å². The molecule has 5 heteroatoms. The summed E-state index contributed by atoms with van der Waals surface area (Å²) in [6.45, 7) is 5.07. The van der Waals surface area contributed by atoms with Crippen LogP contribution in [0.5, 0.6) is 0 Å². The quantitative estimate of drug-likeness (QED) is 0.415. The molecule has 146 valence electrons. The van der Waals surface area contributed by atoms with Gasteiger partial charge in [0.05, 0.1) is 4.90 Å². The maximum atomic E-state index is 12.8. The molecule has 0 aromatic heterocycles. The zero-order valence-electron chi connectivity index (χ0n) is 16.2. The molecule has 2 rings (SSSR count). The summed E-state index contributed by atoms with van der Waals surface area (Å²) in [4.78, 5) is 10.7. The normalized spacial score (nSPS) is 11.7. The van der Waals surface area contributed by atoms with E-state index in [1.165, 1.54) is 5.56 Å². The van der Waals surface area contributed by atoms with Crippen LogP contribution in [0.4, 0.5) is 0 Å². The van der Waals surface area contributed by atoms with Crippen molar-refractivity contribution in [3.05, 3.63) is 54.1 Å². The lowest BCUT2D eigenvalue weighted by Crippen LogP contribution is -2.32. The third kappa shape index (κ3) is 5.75. The van der Waals surface area contributed by atoms with Crippen LogP contribution in [0.2, 0.25) is 0 Å². The highest BCUT2D eigenvalue weighted by atomic mass is 32.2. The van der Waals surface area contributed by atoms with Crippen LogP contribution in [0.25, 0.3) is 11.1 Å². The lowest BCUT2D eigenvalue weighted by atomic mass is 10.0. The van der Waals surface area contributed by atoms with Crippen LogP contribution in [0.15, 0.2) is 53.4 Å². The van der Waals surface area contributed by atoms with Gasteiger partial charge in [-0.05, 0) is 54.5 Å². The van der Waals surface area contributed by atoms with Gasteiger partial charge in [0.15, 0.2) is 0 Å². The third-order valence-electron chi connectivity index (χ3n) is 4.51. The number of aryl methyl sites for hydroxylation is 1. The van der Waals surface area contributed by atoms with Gasteiger partial charge in [-0.1, -0.05) is 50.2 Å². The van der Waals surface area contributed by atoms with Crippen LogP contribution in [-0.4, -0.2) is 32.1 Å². The van der Waals surface area contributed by atoms with Crippen LogP contribution in [-0.2, 0) is 21.2 Å². The van der Waals surface area contributed by atoms with Gasteiger partial charge in [-0.3, -0.25) is 0 Å². The van der Waals surface area contributed by atoms with E-state index in [0.29, 0.717) is 24.4 Å². The first-order valence-electron chi connectivity index (χ1n) is 9.66. The average molecular weight is 388 g/mol. The van der Waals surface area contributed by atoms with Crippen molar-refractivity contribution in [1.82, 2.24) is 4.31 Å². The molecule has 0 aliphatic carbocycles. The number of nitrogens with zero attached hydrogens (tertiary/aromatic N) is 1. The summed E-state index contributed by atoms with van der Waals surface area (Å²) in [5.74, 6) is 0. The Balaban J connectivity index is 2.15. The Labute approximate surface area is 163 Å². The van der Waals surface area contributed by atoms with Gasteiger partial charge in [0, 0.05) is 19.5 Å². The standard InChI is InChI=1S/C22H29NO3S/c1-3-16-23(17-4-2)27(25,26)22-14-12-21(13-15-22)20-10-8-19(9-11-20)7-5-6-18-24/h8-15,18H,3-7,16-17H2,1-2H3. The molecule has 0 aliphatic rings. The van der Waals surface area contributed by atoms with E-state index in [9.17, 15) is 13.2 Å². The Morgan fingerprint density at radius 3 is 1.85 bits per heavy atom. The van der Waals surface area contributed by atoms with Crippen molar-refractivity contribution in [2.24, 2.45) is 0 Å². The minimum Gasteiger partial charge on any atom is -0.303 e. The van der Waals surface area contributed by atoms with E-state index in [-0.39, 0.29) is 0 Å². The second-order valence-corrected chi connectivity index (χ2v) is 8.62. The van der Waals surface area contributed by atoms with Crippen molar-refractivity contribution in [3.8, 4) is 11.1 Å². The lowest BCUT2D eigenvalue weighted by Gasteiger charge is -2.21. The van der Waals surface area contributed by atoms with E-state index in [2.05, 4.69) is 12.1 Å². The van der Waals surface area contributed by atoms with Crippen LogP contribution in [0, 0.1) is 0 Å². The van der Waals surface area contributed by atoms with Crippen molar-refractivity contribution < 1.29 is 13.2 Å². The minimum atomic E-state index is -3.44. The summed E-state index contributed by atoms with van der Waals surface area (Å²) in [7, 11) is -3.44. The smallest absolute Gasteiger partial charge is 0.243 e. The van der Waals surface area contributed by atoms with Gasteiger partial charge in [-0.2, -0.15) is 4.31 Å². The first kappa shape index (κ1) is 21.3. The summed E-state index contributed by atoms with van der Waals surface area (Å²) in [5.41, 5.74) is 3.25. The van der Waals surface area contributed by atoms with Crippen LogP contribution < -0.4 is 0 Å². The molecule has 0 saturated carbocycles. The Morgan fingerprint density at radius 1 is 0.852 bits per heavy atom. The highest BCUT2D eigenvalue weighted by Gasteiger charge is 2.22. The minimum absolute atomic E-state index is 0.346. The molecule has 0 amide bonds. The Bertz CT molecular complexity index is 806. The van der Waals surface area contributed by atoms with Gasteiger partial charge in [0.1, 0.15) is 6.29 Å². The number of carbonyl (C=O) groups is 1. The van der Waals surface area contributed by atoms with Crippen molar-refractivity contribution in [2.75, 3.05) is 13.1 Å². The van der Waals surface area contributed by atoms with E-state index in [0.717, 1.165) is 43.1 Å². The van der Waals surface area contributed by atoms with E-state index >= 15 is 0 Å². The van der Waals surface area contributed by atoms with Crippen LogP contribution in [0.1, 0.15) is 45.1 Å². The molecule has 0 bridgehead atoms. The summed E-state index contributed by atoms with van der Waals surface area (Å²) >= 11 is 0. The molecule has 0 heterocycles. The van der Waals surface area contributed by atoms with Gasteiger partial charge in [-0.15, -0.1) is 0 Å². The number of aldehydes is 1. The summed E-state index contributed by atoms with van der Waals surface area (Å²) < 4.78 is 27.2. The Kier molecular flexibility index (Phi) is 8.20. The number of hydrogen-bond acceptors (Lipinski definition) is 3. The van der Waals surface area contributed by atoms with Gasteiger partial charge >= 0.3 is 0 Å². The van der Waals surface area contributed by atoms with Crippen molar-refractivity contribution in [3.63, 3.8) is 0 Å². The average Bonchev–Trinajstić information content (AvgIpc) is 2.69. The van der Waals surface area contributed by atoms with Crippen molar-refractivity contribution >= 4 is 16.3 Å².